The van der Waals surface area contributed by atoms with E-state index in [1.54, 1.807) is 4.90 Å². The lowest BCUT2D eigenvalue weighted by atomic mass is 9.76. The van der Waals surface area contributed by atoms with E-state index in [9.17, 15) is 19.5 Å². The molecule has 34 heavy (non-hydrogen) atoms. The molecule has 0 radical (unpaired) electrons. The Balaban J connectivity index is 1.39. The Hall–Kier alpha value is -3.35. The van der Waals surface area contributed by atoms with Crippen molar-refractivity contribution >= 4 is 18.0 Å². The molecule has 180 valence electrons. The van der Waals surface area contributed by atoms with Crippen molar-refractivity contribution in [3.8, 4) is 11.1 Å². The molecule has 1 saturated heterocycles. The van der Waals surface area contributed by atoms with Crippen LogP contribution >= 0.6 is 0 Å². The second kappa shape index (κ2) is 9.49. The summed E-state index contributed by atoms with van der Waals surface area (Å²) in [4.78, 5) is 39.2. The van der Waals surface area contributed by atoms with Gasteiger partial charge in [-0.05, 0) is 41.0 Å². The predicted octanol–water partition coefficient (Wildman–Crippen LogP) is 4.26. The summed E-state index contributed by atoms with van der Waals surface area (Å²) in [7, 11) is 0. The normalized spacial score (nSPS) is 20.1. The first kappa shape index (κ1) is 23.8. The van der Waals surface area contributed by atoms with Crippen molar-refractivity contribution in [3.05, 3.63) is 59.7 Å². The summed E-state index contributed by atoms with van der Waals surface area (Å²) in [5.74, 6) is -1.30. The van der Waals surface area contributed by atoms with Gasteiger partial charge in [-0.15, -0.1) is 0 Å². The Labute approximate surface area is 200 Å². The molecule has 2 aromatic rings. The number of carbonyl (C=O) groups is 3. The molecule has 4 rings (SSSR count). The second-order valence-corrected chi connectivity index (χ2v) is 9.56. The number of carboxylic acids is 1. The average molecular weight is 465 g/mol. The number of ether oxygens (including phenoxy) is 1. The third-order valence-electron chi connectivity index (χ3n) is 7.49. The van der Waals surface area contributed by atoms with Crippen LogP contribution in [0.1, 0.15) is 50.7 Å². The van der Waals surface area contributed by atoms with Crippen LogP contribution in [0, 0.1) is 11.3 Å². The number of alkyl carbamates (subject to hydrolysis) is 1. The molecule has 0 spiro atoms. The quantitative estimate of drug-likeness (QED) is 0.638. The van der Waals surface area contributed by atoms with Crippen LogP contribution in [0.25, 0.3) is 11.1 Å². The number of amides is 2. The zero-order chi connectivity index (χ0) is 24.5. The topological polar surface area (TPSA) is 95.9 Å². The summed E-state index contributed by atoms with van der Waals surface area (Å²) in [6.07, 6.45) is 0.156. The van der Waals surface area contributed by atoms with E-state index in [1.165, 1.54) is 0 Å². The first-order valence-electron chi connectivity index (χ1n) is 11.9. The molecule has 2 atom stereocenters. The number of fused-ring (bicyclic) bond motifs is 3. The van der Waals surface area contributed by atoms with Crippen LogP contribution in [0.4, 0.5) is 4.79 Å². The SMILES string of the molecule is CC[C@H](NC(=O)OCC1c2ccccc2-c2ccccc21)C(=O)N1CCC(C(=O)O)(C(C)C)C1. The molecular weight excluding hydrogens is 432 g/mol. The zero-order valence-electron chi connectivity index (χ0n) is 19.9. The van der Waals surface area contributed by atoms with Gasteiger partial charge < -0.3 is 20.1 Å². The molecule has 2 amide bonds. The average Bonchev–Trinajstić information content (AvgIpc) is 3.42. The van der Waals surface area contributed by atoms with Crippen molar-refractivity contribution in [3.63, 3.8) is 0 Å². The number of nitrogens with zero attached hydrogens (tertiary/aromatic N) is 1. The Morgan fingerprint density at radius 2 is 1.68 bits per heavy atom. The molecule has 2 aromatic carbocycles. The van der Waals surface area contributed by atoms with Gasteiger partial charge in [0.05, 0.1) is 5.41 Å². The number of aliphatic carboxylic acids is 1. The lowest BCUT2D eigenvalue weighted by Gasteiger charge is -2.29. The molecule has 1 fully saturated rings. The highest BCUT2D eigenvalue weighted by Gasteiger charge is 2.49. The van der Waals surface area contributed by atoms with Gasteiger partial charge in [0.15, 0.2) is 0 Å². The largest absolute Gasteiger partial charge is 0.481 e. The van der Waals surface area contributed by atoms with Crippen LogP contribution < -0.4 is 5.32 Å². The minimum atomic E-state index is -0.947. The van der Waals surface area contributed by atoms with Crippen molar-refractivity contribution in [1.82, 2.24) is 10.2 Å². The van der Waals surface area contributed by atoms with Crippen molar-refractivity contribution < 1.29 is 24.2 Å². The molecule has 0 bridgehead atoms. The van der Waals surface area contributed by atoms with E-state index in [-0.39, 0.29) is 30.9 Å². The lowest BCUT2D eigenvalue weighted by Crippen LogP contribution is -2.49. The number of nitrogens with one attached hydrogen (secondary N) is 1. The smallest absolute Gasteiger partial charge is 0.407 e. The first-order chi connectivity index (χ1) is 16.3. The van der Waals surface area contributed by atoms with Crippen LogP contribution in [0.5, 0.6) is 0 Å². The van der Waals surface area contributed by atoms with Gasteiger partial charge in [-0.1, -0.05) is 69.3 Å². The monoisotopic (exact) mass is 464 g/mol. The molecule has 0 aromatic heterocycles. The summed E-state index contributed by atoms with van der Waals surface area (Å²) in [6.45, 7) is 6.25. The van der Waals surface area contributed by atoms with Crippen LogP contribution in [-0.2, 0) is 14.3 Å². The van der Waals surface area contributed by atoms with Gasteiger partial charge in [-0.25, -0.2) is 4.79 Å². The van der Waals surface area contributed by atoms with Crippen LogP contribution in [0.15, 0.2) is 48.5 Å². The standard InChI is InChI=1S/C27H32N2O5/c1-4-23(24(30)29-14-13-27(16-29,17(2)3)25(31)32)28-26(33)34-15-22-20-11-7-5-9-18(20)19-10-6-8-12-21(19)22/h5-12,17,22-23H,4,13-16H2,1-3H3,(H,28,33)(H,31,32)/t23-,27?/m0/s1. The molecule has 7 nitrogen and oxygen atoms in total. The van der Waals surface area contributed by atoms with Crippen molar-refractivity contribution in [2.24, 2.45) is 11.3 Å². The van der Waals surface area contributed by atoms with Gasteiger partial charge in [0.2, 0.25) is 5.91 Å². The van der Waals surface area contributed by atoms with E-state index in [0.29, 0.717) is 19.4 Å². The van der Waals surface area contributed by atoms with Crippen molar-refractivity contribution in [1.29, 1.82) is 0 Å². The van der Waals surface area contributed by atoms with Crippen molar-refractivity contribution in [2.45, 2.75) is 45.6 Å². The van der Waals surface area contributed by atoms with Crippen LogP contribution in [0.3, 0.4) is 0 Å². The van der Waals surface area contributed by atoms with Gasteiger partial charge in [0.25, 0.3) is 0 Å². The Morgan fingerprint density at radius 1 is 1.09 bits per heavy atom. The number of carbonyl (C=O) groups excluding carboxylic acids is 2. The highest BCUT2D eigenvalue weighted by molar-refractivity contribution is 5.87. The Kier molecular flexibility index (Phi) is 6.64. The summed E-state index contributed by atoms with van der Waals surface area (Å²) >= 11 is 0. The molecular formula is C27H32N2O5. The van der Waals surface area contributed by atoms with Crippen LogP contribution in [-0.4, -0.2) is 53.7 Å². The molecule has 1 heterocycles. The van der Waals surface area contributed by atoms with E-state index in [4.69, 9.17) is 4.74 Å². The number of hydrogen-bond acceptors (Lipinski definition) is 4. The number of rotatable bonds is 7. The number of likely N-dealkylation sites (tertiary alicyclic amines) is 1. The molecule has 1 unspecified atom stereocenters. The van der Waals surface area contributed by atoms with Gasteiger partial charge in [-0.2, -0.15) is 0 Å². The van der Waals surface area contributed by atoms with Gasteiger partial charge >= 0.3 is 12.1 Å². The minimum Gasteiger partial charge on any atom is -0.481 e. The summed E-state index contributed by atoms with van der Waals surface area (Å²) in [5, 5.41) is 12.5. The summed E-state index contributed by atoms with van der Waals surface area (Å²) < 4.78 is 5.59. The van der Waals surface area contributed by atoms with E-state index in [2.05, 4.69) is 29.6 Å². The molecule has 1 aliphatic carbocycles. The number of hydrogen-bond donors (Lipinski definition) is 2. The third-order valence-corrected chi connectivity index (χ3v) is 7.49. The maximum atomic E-state index is 13.1. The molecule has 2 N–H and O–H groups in total. The fraction of sp³-hybridized carbons (Fsp3) is 0.444. The predicted molar refractivity (Wildman–Crippen MR) is 128 cm³/mol. The van der Waals surface area contributed by atoms with Gasteiger partial charge in [-0.3, -0.25) is 9.59 Å². The molecule has 1 aliphatic heterocycles. The molecule has 2 aliphatic rings. The van der Waals surface area contributed by atoms with E-state index >= 15 is 0 Å². The maximum Gasteiger partial charge on any atom is 0.407 e. The Bertz CT molecular complexity index is 1050. The third kappa shape index (κ3) is 4.15. The minimum absolute atomic E-state index is 0.0604. The van der Waals surface area contributed by atoms with E-state index in [0.717, 1.165) is 22.3 Å². The highest BCUT2D eigenvalue weighted by Crippen LogP contribution is 2.44. The van der Waals surface area contributed by atoms with Gasteiger partial charge in [0.1, 0.15) is 12.6 Å². The zero-order valence-corrected chi connectivity index (χ0v) is 19.9. The Morgan fingerprint density at radius 3 is 2.18 bits per heavy atom. The van der Waals surface area contributed by atoms with E-state index < -0.39 is 23.5 Å². The first-order valence-corrected chi connectivity index (χ1v) is 11.9. The fourth-order valence-corrected chi connectivity index (χ4v) is 5.26. The maximum absolute atomic E-state index is 13.1. The second-order valence-electron chi connectivity index (χ2n) is 9.56. The molecule has 7 heteroatoms. The fourth-order valence-electron chi connectivity index (χ4n) is 5.26. The summed E-state index contributed by atoms with van der Waals surface area (Å²) in [6, 6.07) is 15.5. The molecule has 0 saturated carbocycles. The number of carboxylic acid groups (broad SMARTS) is 1. The summed E-state index contributed by atoms with van der Waals surface area (Å²) in [5.41, 5.74) is 3.59. The highest BCUT2D eigenvalue weighted by atomic mass is 16.5. The van der Waals surface area contributed by atoms with Crippen LogP contribution in [0.2, 0.25) is 0 Å². The van der Waals surface area contributed by atoms with Gasteiger partial charge in [0, 0.05) is 19.0 Å². The van der Waals surface area contributed by atoms with E-state index in [1.807, 2.05) is 45.0 Å². The van der Waals surface area contributed by atoms with Crippen molar-refractivity contribution in [2.75, 3.05) is 19.7 Å². The number of benzene rings is 2. The lowest BCUT2D eigenvalue weighted by molar-refractivity contribution is -0.151.